The Morgan fingerprint density at radius 1 is 1.36 bits per heavy atom. The highest BCUT2D eigenvalue weighted by Gasteiger charge is 2.27. The van der Waals surface area contributed by atoms with E-state index in [0.29, 0.717) is 24.8 Å². The van der Waals surface area contributed by atoms with E-state index >= 15 is 0 Å². The van der Waals surface area contributed by atoms with E-state index in [1.165, 1.54) is 0 Å². The summed E-state index contributed by atoms with van der Waals surface area (Å²) >= 11 is 0. The molecule has 0 aromatic carbocycles. The number of hydrogen-bond donors (Lipinski definition) is 1. The van der Waals surface area contributed by atoms with Gasteiger partial charge in [-0.25, -0.2) is 9.97 Å². The van der Waals surface area contributed by atoms with Gasteiger partial charge in [0.15, 0.2) is 0 Å². The maximum absolute atomic E-state index is 12.6. The molecule has 3 heterocycles. The average Bonchev–Trinajstić information content (AvgIpc) is 2.62. The number of aromatic nitrogens is 3. The van der Waals surface area contributed by atoms with E-state index in [2.05, 4.69) is 25.2 Å². The number of amides is 1. The first kappa shape index (κ1) is 17.3. The minimum absolute atomic E-state index is 0.0221. The molecule has 1 aliphatic heterocycles. The van der Waals surface area contributed by atoms with Crippen molar-refractivity contribution in [2.24, 2.45) is 5.92 Å². The summed E-state index contributed by atoms with van der Waals surface area (Å²) in [6, 6.07) is 5.62. The van der Waals surface area contributed by atoms with Gasteiger partial charge in [-0.1, -0.05) is 6.07 Å². The number of rotatable bonds is 5. The number of carbonyl (C=O) groups excluding carboxylic acids is 1. The lowest BCUT2D eigenvalue weighted by molar-refractivity contribution is -0.121. The van der Waals surface area contributed by atoms with Crippen molar-refractivity contribution in [2.45, 2.75) is 26.3 Å². The van der Waals surface area contributed by atoms with Crippen LogP contribution in [-0.2, 0) is 11.3 Å². The second-order valence-electron chi connectivity index (χ2n) is 6.24. The predicted octanol–water partition coefficient (Wildman–Crippen LogP) is 2.04. The molecule has 25 heavy (non-hydrogen) atoms. The summed E-state index contributed by atoms with van der Waals surface area (Å²) in [5.74, 6) is 1.11. The lowest BCUT2D eigenvalue weighted by Gasteiger charge is -2.31. The number of piperidine rings is 1. The van der Waals surface area contributed by atoms with Crippen molar-refractivity contribution in [2.75, 3.05) is 25.5 Å². The number of ether oxygens (including phenoxy) is 1. The van der Waals surface area contributed by atoms with Crippen LogP contribution in [0.25, 0.3) is 0 Å². The summed E-state index contributed by atoms with van der Waals surface area (Å²) in [5, 5.41) is 2.93. The standard InChI is InChI=1S/C18H23N5O2/c1-13-5-3-7-16(21-13)22-17(24)14-6-4-10-23(11-14)12-15-18(25-2)20-9-8-19-15/h3,5,7-9,14H,4,6,10-12H2,1-2H3,(H,21,22,24). The molecule has 132 valence electrons. The largest absolute Gasteiger partial charge is 0.480 e. The van der Waals surface area contributed by atoms with E-state index < -0.39 is 0 Å². The van der Waals surface area contributed by atoms with Crippen LogP contribution in [-0.4, -0.2) is 46.0 Å². The van der Waals surface area contributed by atoms with Crippen LogP contribution in [0.15, 0.2) is 30.6 Å². The Morgan fingerprint density at radius 2 is 2.20 bits per heavy atom. The van der Waals surface area contributed by atoms with E-state index in [9.17, 15) is 4.79 Å². The second-order valence-corrected chi connectivity index (χ2v) is 6.24. The van der Waals surface area contributed by atoms with Crippen molar-refractivity contribution in [3.63, 3.8) is 0 Å². The first-order chi connectivity index (χ1) is 12.2. The molecule has 1 fully saturated rings. The molecule has 1 unspecified atom stereocenters. The Hall–Kier alpha value is -2.54. The Bertz CT molecular complexity index is 737. The van der Waals surface area contributed by atoms with Gasteiger partial charge in [0.05, 0.1) is 13.0 Å². The number of aryl methyl sites for hydroxylation is 1. The Morgan fingerprint density at radius 3 is 3.00 bits per heavy atom. The fourth-order valence-electron chi connectivity index (χ4n) is 3.10. The number of nitrogens with zero attached hydrogens (tertiary/aromatic N) is 4. The first-order valence-corrected chi connectivity index (χ1v) is 8.46. The molecular weight excluding hydrogens is 318 g/mol. The maximum Gasteiger partial charge on any atom is 0.236 e. The summed E-state index contributed by atoms with van der Waals surface area (Å²) < 4.78 is 5.26. The number of anilines is 1. The van der Waals surface area contributed by atoms with Gasteiger partial charge in [-0.15, -0.1) is 0 Å². The molecule has 7 nitrogen and oxygen atoms in total. The summed E-state index contributed by atoms with van der Waals surface area (Å²) in [5.41, 5.74) is 1.68. The molecule has 1 atom stereocenters. The maximum atomic E-state index is 12.6. The first-order valence-electron chi connectivity index (χ1n) is 8.46. The number of hydrogen-bond acceptors (Lipinski definition) is 6. The molecular formula is C18H23N5O2. The Labute approximate surface area is 147 Å². The molecule has 1 amide bonds. The molecule has 0 aliphatic carbocycles. The van der Waals surface area contributed by atoms with Crippen molar-refractivity contribution in [3.8, 4) is 5.88 Å². The normalized spacial score (nSPS) is 17.9. The Balaban J connectivity index is 1.61. The second kappa shape index (κ2) is 8.02. The van der Waals surface area contributed by atoms with E-state index in [0.717, 1.165) is 30.8 Å². The lowest BCUT2D eigenvalue weighted by Crippen LogP contribution is -2.40. The van der Waals surface area contributed by atoms with Gasteiger partial charge in [-0.05, 0) is 38.4 Å². The molecule has 1 saturated heterocycles. The van der Waals surface area contributed by atoms with Gasteiger partial charge in [-0.2, -0.15) is 0 Å². The van der Waals surface area contributed by atoms with Gasteiger partial charge in [0.1, 0.15) is 11.5 Å². The predicted molar refractivity (Wildman–Crippen MR) is 94.2 cm³/mol. The number of nitrogens with one attached hydrogen (secondary N) is 1. The van der Waals surface area contributed by atoms with E-state index in [4.69, 9.17) is 4.74 Å². The molecule has 0 spiro atoms. The van der Waals surface area contributed by atoms with Crippen LogP contribution in [0.2, 0.25) is 0 Å². The van der Waals surface area contributed by atoms with E-state index in [1.54, 1.807) is 19.5 Å². The molecule has 3 rings (SSSR count). The molecule has 0 radical (unpaired) electrons. The summed E-state index contributed by atoms with van der Waals surface area (Å²) in [7, 11) is 1.59. The third-order valence-electron chi connectivity index (χ3n) is 4.32. The molecule has 7 heteroatoms. The quantitative estimate of drug-likeness (QED) is 0.896. The third-order valence-corrected chi connectivity index (χ3v) is 4.32. The zero-order valence-electron chi connectivity index (χ0n) is 14.6. The smallest absolute Gasteiger partial charge is 0.236 e. The molecule has 0 saturated carbocycles. The SMILES string of the molecule is COc1nccnc1CN1CCCC(C(=O)Nc2cccc(C)n2)C1. The zero-order valence-corrected chi connectivity index (χ0v) is 14.6. The van der Waals surface area contributed by atoms with Gasteiger partial charge < -0.3 is 10.1 Å². The highest BCUT2D eigenvalue weighted by Crippen LogP contribution is 2.21. The van der Waals surface area contributed by atoms with E-state index in [1.807, 2.05) is 25.1 Å². The molecule has 2 aromatic heterocycles. The molecule has 1 N–H and O–H groups in total. The van der Waals surface area contributed by atoms with Crippen LogP contribution in [0, 0.1) is 12.8 Å². The number of pyridine rings is 1. The lowest BCUT2D eigenvalue weighted by atomic mass is 9.97. The van der Waals surface area contributed by atoms with Crippen LogP contribution < -0.4 is 10.1 Å². The van der Waals surface area contributed by atoms with E-state index in [-0.39, 0.29) is 11.8 Å². The summed E-state index contributed by atoms with van der Waals surface area (Å²) in [4.78, 5) is 27.7. The molecule has 1 aliphatic rings. The van der Waals surface area contributed by atoms with Gasteiger partial charge in [-0.3, -0.25) is 14.7 Å². The topological polar surface area (TPSA) is 80.2 Å². The number of methoxy groups -OCH3 is 1. The van der Waals surface area contributed by atoms with Gasteiger partial charge in [0.25, 0.3) is 0 Å². The molecule has 0 bridgehead atoms. The van der Waals surface area contributed by atoms with Gasteiger partial charge in [0.2, 0.25) is 11.8 Å². The summed E-state index contributed by atoms with van der Waals surface area (Å²) in [6.07, 6.45) is 5.13. The fraction of sp³-hybridized carbons (Fsp3) is 0.444. The van der Waals surface area contributed by atoms with Crippen molar-refractivity contribution < 1.29 is 9.53 Å². The van der Waals surface area contributed by atoms with Crippen LogP contribution in [0.3, 0.4) is 0 Å². The Kier molecular flexibility index (Phi) is 5.55. The van der Waals surface area contributed by atoms with Crippen molar-refractivity contribution in [1.29, 1.82) is 0 Å². The summed E-state index contributed by atoms with van der Waals surface area (Å²) in [6.45, 7) is 4.17. The molecule has 2 aromatic rings. The third kappa shape index (κ3) is 4.51. The minimum Gasteiger partial charge on any atom is -0.480 e. The van der Waals surface area contributed by atoms with Crippen LogP contribution in [0.4, 0.5) is 5.82 Å². The number of carbonyl (C=O) groups is 1. The highest BCUT2D eigenvalue weighted by atomic mass is 16.5. The van der Waals surface area contributed by atoms with Crippen LogP contribution >= 0.6 is 0 Å². The number of likely N-dealkylation sites (tertiary alicyclic amines) is 1. The van der Waals surface area contributed by atoms with Crippen molar-refractivity contribution in [3.05, 3.63) is 42.0 Å². The average molecular weight is 341 g/mol. The van der Waals surface area contributed by atoms with Crippen molar-refractivity contribution >= 4 is 11.7 Å². The van der Waals surface area contributed by atoms with Gasteiger partial charge in [0, 0.05) is 31.2 Å². The highest BCUT2D eigenvalue weighted by molar-refractivity contribution is 5.91. The minimum atomic E-state index is -0.0567. The monoisotopic (exact) mass is 341 g/mol. The zero-order chi connectivity index (χ0) is 17.6. The fourth-order valence-corrected chi connectivity index (χ4v) is 3.10. The van der Waals surface area contributed by atoms with Gasteiger partial charge >= 0.3 is 0 Å². The van der Waals surface area contributed by atoms with Crippen LogP contribution in [0.1, 0.15) is 24.2 Å². The van der Waals surface area contributed by atoms with Crippen molar-refractivity contribution in [1.82, 2.24) is 19.9 Å². The van der Waals surface area contributed by atoms with Crippen LogP contribution in [0.5, 0.6) is 5.88 Å².